The van der Waals surface area contributed by atoms with E-state index in [2.05, 4.69) is 5.32 Å². The third-order valence-electron chi connectivity index (χ3n) is 3.42. The molecule has 0 radical (unpaired) electrons. The summed E-state index contributed by atoms with van der Waals surface area (Å²) in [5.74, 6) is 0.0773. The first kappa shape index (κ1) is 12.8. The molecule has 1 fully saturated rings. The number of nitrogens with zero attached hydrogens (tertiary/aromatic N) is 1. The topological polar surface area (TPSA) is 49.4 Å². The number of carbonyl (C=O) groups is 2. The van der Waals surface area contributed by atoms with Gasteiger partial charge in [-0.05, 0) is 19.4 Å². The van der Waals surface area contributed by atoms with E-state index in [1.54, 1.807) is 0 Å². The highest BCUT2D eigenvalue weighted by atomic mass is 16.2. The van der Waals surface area contributed by atoms with E-state index < -0.39 is 0 Å². The van der Waals surface area contributed by atoms with E-state index >= 15 is 0 Å². The van der Waals surface area contributed by atoms with Gasteiger partial charge in [-0.2, -0.15) is 0 Å². The minimum absolute atomic E-state index is 0.00108. The van der Waals surface area contributed by atoms with Crippen molar-refractivity contribution in [2.75, 3.05) is 19.6 Å². The lowest BCUT2D eigenvalue weighted by atomic mass is 10.0. The largest absolute Gasteiger partial charge is 0.353 e. The van der Waals surface area contributed by atoms with Gasteiger partial charge >= 0.3 is 0 Å². The average Bonchev–Trinajstić information content (AvgIpc) is 2.35. The lowest BCUT2D eigenvalue weighted by molar-refractivity contribution is -0.127. The molecule has 4 heteroatoms. The van der Waals surface area contributed by atoms with Crippen LogP contribution in [0, 0.1) is 6.92 Å². The van der Waals surface area contributed by atoms with Crippen molar-refractivity contribution in [2.24, 2.45) is 0 Å². The number of Topliss-reactive ketones (excluding diaryl/α,β-unsaturated/α-hetero) is 1. The molecule has 1 heterocycles. The predicted octanol–water partition coefficient (Wildman–Crippen LogP) is 0.998. The van der Waals surface area contributed by atoms with Gasteiger partial charge in [0.15, 0.2) is 5.78 Å². The standard InChI is InChI=1S/C14H18N2O2/c1-10-5-3-4-6-12(10)13(17)9-16-8-7-15-14(18)11(16)2/h3-6,11H,7-9H2,1-2H3,(H,15,18). The van der Waals surface area contributed by atoms with E-state index in [0.29, 0.717) is 13.1 Å². The SMILES string of the molecule is Cc1ccccc1C(=O)CN1CCNC(=O)C1C. The second-order valence-corrected chi connectivity index (χ2v) is 4.68. The lowest BCUT2D eigenvalue weighted by Gasteiger charge is -2.32. The second kappa shape index (κ2) is 5.31. The normalized spacial score (nSPS) is 20.6. The van der Waals surface area contributed by atoms with E-state index in [4.69, 9.17) is 0 Å². The maximum absolute atomic E-state index is 12.2. The Morgan fingerprint density at radius 1 is 1.44 bits per heavy atom. The summed E-state index contributed by atoms with van der Waals surface area (Å²) in [5, 5.41) is 2.79. The molecule has 0 spiro atoms. The third kappa shape index (κ3) is 2.59. The zero-order valence-electron chi connectivity index (χ0n) is 10.8. The molecule has 1 saturated heterocycles. The van der Waals surface area contributed by atoms with E-state index in [1.165, 1.54) is 0 Å². The number of rotatable bonds is 3. The van der Waals surface area contributed by atoms with Gasteiger partial charge < -0.3 is 5.32 Å². The minimum atomic E-state index is -0.230. The van der Waals surface area contributed by atoms with E-state index in [9.17, 15) is 9.59 Å². The third-order valence-corrected chi connectivity index (χ3v) is 3.42. The molecule has 0 bridgehead atoms. The molecule has 1 atom stereocenters. The summed E-state index contributed by atoms with van der Waals surface area (Å²) in [6.07, 6.45) is 0. The van der Waals surface area contributed by atoms with Crippen LogP contribution in [0.3, 0.4) is 0 Å². The molecule has 0 saturated carbocycles. The van der Waals surface area contributed by atoms with Gasteiger partial charge in [-0.25, -0.2) is 0 Å². The van der Waals surface area contributed by atoms with Gasteiger partial charge in [-0.1, -0.05) is 24.3 Å². The van der Waals surface area contributed by atoms with Crippen LogP contribution < -0.4 is 5.32 Å². The van der Waals surface area contributed by atoms with E-state index in [0.717, 1.165) is 17.7 Å². The first-order valence-corrected chi connectivity index (χ1v) is 6.20. The molecule has 1 unspecified atom stereocenters. The molecule has 1 N–H and O–H groups in total. The molecule has 2 rings (SSSR count). The fourth-order valence-electron chi connectivity index (χ4n) is 2.20. The van der Waals surface area contributed by atoms with Crippen LogP contribution in [-0.2, 0) is 4.79 Å². The smallest absolute Gasteiger partial charge is 0.237 e. The van der Waals surface area contributed by atoms with Crippen LogP contribution in [0.4, 0.5) is 0 Å². The Hall–Kier alpha value is -1.68. The average molecular weight is 246 g/mol. The van der Waals surface area contributed by atoms with Gasteiger partial charge in [0.25, 0.3) is 0 Å². The molecule has 18 heavy (non-hydrogen) atoms. The van der Waals surface area contributed by atoms with Crippen molar-refractivity contribution >= 4 is 11.7 Å². The maximum Gasteiger partial charge on any atom is 0.237 e. The van der Waals surface area contributed by atoms with Crippen molar-refractivity contribution in [1.29, 1.82) is 0 Å². The number of ketones is 1. The quantitative estimate of drug-likeness (QED) is 0.809. The van der Waals surface area contributed by atoms with Crippen molar-refractivity contribution < 1.29 is 9.59 Å². The zero-order chi connectivity index (χ0) is 13.1. The van der Waals surface area contributed by atoms with Crippen molar-refractivity contribution in [3.63, 3.8) is 0 Å². The predicted molar refractivity (Wildman–Crippen MR) is 69.6 cm³/mol. The number of hydrogen-bond acceptors (Lipinski definition) is 3. The van der Waals surface area contributed by atoms with Crippen LogP contribution in [-0.4, -0.2) is 42.3 Å². The summed E-state index contributed by atoms with van der Waals surface area (Å²) in [5.41, 5.74) is 1.73. The Kier molecular flexibility index (Phi) is 3.77. The summed E-state index contributed by atoms with van der Waals surface area (Å²) in [6.45, 7) is 5.41. The van der Waals surface area contributed by atoms with Gasteiger partial charge in [-0.3, -0.25) is 14.5 Å². The van der Waals surface area contributed by atoms with Gasteiger partial charge in [0.1, 0.15) is 0 Å². The van der Waals surface area contributed by atoms with Crippen molar-refractivity contribution in [2.45, 2.75) is 19.9 Å². The number of aryl methyl sites for hydroxylation is 1. The van der Waals surface area contributed by atoms with E-state index in [1.807, 2.05) is 43.0 Å². The Morgan fingerprint density at radius 2 is 2.17 bits per heavy atom. The fourth-order valence-corrected chi connectivity index (χ4v) is 2.20. The van der Waals surface area contributed by atoms with Crippen molar-refractivity contribution in [3.05, 3.63) is 35.4 Å². The molecule has 4 nitrogen and oxygen atoms in total. The number of nitrogens with one attached hydrogen (secondary N) is 1. The molecule has 1 aromatic rings. The number of hydrogen-bond donors (Lipinski definition) is 1. The monoisotopic (exact) mass is 246 g/mol. The lowest BCUT2D eigenvalue weighted by Crippen LogP contribution is -2.55. The Balaban J connectivity index is 2.08. The summed E-state index contributed by atoms with van der Waals surface area (Å²) in [4.78, 5) is 25.7. The molecule has 1 aliphatic rings. The van der Waals surface area contributed by atoms with Crippen LogP contribution in [0.5, 0.6) is 0 Å². The van der Waals surface area contributed by atoms with Crippen LogP contribution >= 0.6 is 0 Å². The number of amides is 1. The fraction of sp³-hybridized carbons (Fsp3) is 0.429. The first-order valence-electron chi connectivity index (χ1n) is 6.20. The van der Waals surface area contributed by atoms with Crippen LogP contribution in [0.15, 0.2) is 24.3 Å². The zero-order valence-corrected chi connectivity index (χ0v) is 10.8. The molecule has 96 valence electrons. The number of benzene rings is 1. The van der Waals surface area contributed by atoms with Gasteiger partial charge in [-0.15, -0.1) is 0 Å². The molecule has 0 aromatic heterocycles. The van der Waals surface area contributed by atoms with Crippen LogP contribution in [0.25, 0.3) is 0 Å². The van der Waals surface area contributed by atoms with E-state index in [-0.39, 0.29) is 17.7 Å². The molecular weight excluding hydrogens is 228 g/mol. The summed E-state index contributed by atoms with van der Waals surface area (Å²) < 4.78 is 0. The Bertz CT molecular complexity index is 471. The number of carbonyl (C=O) groups excluding carboxylic acids is 2. The summed E-state index contributed by atoms with van der Waals surface area (Å²) in [6, 6.07) is 7.33. The molecule has 1 aromatic carbocycles. The number of piperazine rings is 1. The Morgan fingerprint density at radius 3 is 2.89 bits per heavy atom. The molecule has 0 aliphatic carbocycles. The molecule has 1 amide bonds. The van der Waals surface area contributed by atoms with Crippen LogP contribution in [0.1, 0.15) is 22.8 Å². The molecule has 1 aliphatic heterocycles. The summed E-state index contributed by atoms with van der Waals surface area (Å²) in [7, 11) is 0. The van der Waals surface area contributed by atoms with Crippen molar-refractivity contribution in [1.82, 2.24) is 10.2 Å². The van der Waals surface area contributed by atoms with Crippen molar-refractivity contribution in [3.8, 4) is 0 Å². The minimum Gasteiger partial charge on any atom is -0.353 e. The van der Waals surface area contributed by atoms with Gasteiger partial charge in [0.05, 0.1) is 12.6 Å². The van der Waals surface area contributed by atoms with Gasteiger partial charge in [0, 0.05) is 18.7 Å². The highest BCUT2D eigenvalue weighted by Crippen LogP contribution is 2.11. The Labute approximate surface area is 107 Å². The maximum atomic E-state index is 12.2. The van der Waals surface area contributed by atoms with Crippen LogP contribution in [0.2, 0.25) is 0 Å². The highest BCUT2D eigenvalue weighted by Gasteiger charge is 2.27. The van der Waals surface area contributed by atoms with Gasteiger partial charge in [0.2, 0.25) is 5.91 Å². The summed E-state index contributed by atoms with van der Waals surface area (Å²) >= 11 is 0. The molecular formula is C14H18N2O2. The first-order chi connectivity index (χ1) is 8.59. The second-order valence-electron chi connectivity index (χ2n) is 4.68. The highest BCUT2D eigenvalue weighted by molar-refractivity contribution is 5.99.